The Balaban J connectivity index is 2.72. The molecular weight excluding hydrogens is 335 g/mol. The van der Waals surface area contributed by atoms with Gasteiger partial charge in [0.1, 0.15) is 11.6 Å². The van der Waals surface area contributed by atoms with E-state index in [-0.39, 0.29) is 23.8 Å². The molecule has 0 saturated carbocycles. The summed E-state index contributed by atoms with van der Waals surface area (Å²) >= 11 is 0. The van der Waals surface area contributed by atoms with Gasteiger partial charge in [-0.05, 0) is 43.7 Å². The lowest BCUT2D eigenvalue weighted by Gasteiger charge is -2.24. The van der Waals surface area contributed by atoms with Gasteiger partial charge in [-0.1, -0.05) is 32.8 Å². The van der Waals surface area contributed by atoms with Crippen LogP contribution in [-0.2, 0) is 20.7 Å². The summed E-state index contributed by atoms with van der Waals surface area (Å²) in [4.78, 5) is 11.7. The summed E-state index contributed by atoms with van der Waals surface area (Å²) in [6, 6.07) is 4.93. The predicted molar refractivity (Wildman–Crippen MR) is 101 cm³/mol. The molecule has 0 aliphatic rings. The molecule has 3 unspecified atom stereocenters. The summed E-state index contributed by atoms with van der Waals surface area (Å²) in [5.41, 5.74) is 0.632. The lowest BCUT2D eigenvalue weighted by Crippen LogP contribution is -2.24. The second-order valence-corrected chi connectivity index (χ2v) is 6.87. The molecule has 0 heterocycles. The fourth-order valence-corrected chi connectivity index (χ4v) is 3.46. The van der Waals surface area contributed by atoms with Crippen LogP contribution < -0.4 is 4.74 Å². The first kappa shape index (κ1) is 22.4. The van der Waals surface area contributed by atoms with Gasteiger partial charge in [0.25, 0.3) is 0 Å². The van der Waals surface area contributed by atoms with Gasteiger partial charge in [-0.3, -0.25) is 4.79 Å². The number of hydrogen-bond acceptors (Lipinski definition) is 4. The van der Waals surface area contributed by atoms with E-state index in [9.17, 15) is 9.18 Å². The van der Waals surface area contributed by atoms with Crippen molar-refractivity contribution in [3.05, 3.63) is 29.6 Å². The van der Waals surface area contributed by atoms with Crippen LogP contribution in [0, 0.1) is 17.7 Å². The number of carbonyl (C=O) groups excluding carboxylic acids is 1. The third-order valence-electron chi connectivity index (χ3n) is 4.94. The second-order valence-electron chi connectivity index (χ2n) is 6.87. The van der Waals surface area contributed by atoms with Crippen LogP contribution in [0.4, 0.5) is 4.39 Å². The van der Waals surface area contributed by atoms with E-state index in [1.54, 1.807) is 26.4 Å². The Hall–Kier alpha value is -1.62. The molecule has 0 aromatic heterocycles. The van der Waals surface area contributed by atoms with Crippen molar-refractivity contribution in [1.29, 1.82) is 0 Å². The molecular formula is C21H33FO4. The molecule has 3 atom stereocenters. The summed E-state index contributed by atoms with van der Waals surface area (Å²) in [6.45, 7) is 4.01. The first-order valence-electron chi connectivity index (χ1n) is 9.38. The average molecular weight is 368 g/mol. The van der Waals surface area contributed by atoms with Gasteiger partial charge >= 0.3 is 5.97 Å². The Morgan fingerprint density at radius 3 is 2.46 bits per heavy atom. The minimum absolute atomic E-state index is 0.0110. The molecule has 0 saturated heterocycles. The summed E-state index contributed by atoms with van der Waals surface area (Å²) in [5.74, 6) is 0.373. The van der Waals surface area contributed by atoms with Gasteiger partial charge in [-0.25, -0.2) is 4.39 Å². The molecule has 1 rings (SSSR count). The summed E-state index contributed by atoms with van der Waals surface area (Å²) in [6.07, 6.45) is 5.06. The quantitative estimate of drug-likeness (QED) is 0.498. The predicted octanol–water partition coefficient (Wildman–Crippen LogP) is 4.79. The number of hydrogen-bond donors (Lipinski definition) is 0. The van der Waals surface area contributed by atoms with Crippen molar-refractivity contribution in [2.24, 2.45) is 11.8 Å². The fourth-order valence-electron chi connectivity index (χ4n) is 3.46. The molecule has 5 heteroatoms. The highest BCUT2D eigenvalue weighted by Crippen LogP contribution is 2.28. The van der Waals surface area contributed by atoms with Crippen molar-refractivity contribution < 1.29 is 23.4 Å². The van der Waals surface area contributed by atoms with Crippen LogP contribution in [0.25, 0.3) is 0 Å². The molecule has 0 N–H and O–H groups in total. The van der Waals surface area contributed by atoms with Crippen molar-refractivity contribution in [2.75, 3.05) is 21.3 Å². The van der Waals surface area contributed by atoms with E-state index >= 15 is 0 Å². The van der Waals surface area contributed by atoms with Crippen LogP contribution in [-0.4, -0.2) is 33.4 Å². The minimum atomic E-state index is -0.220. The zero-order valence-corrected chi connectivity index (χ0v) is 16.7. The summed E-state index contributed by atoms with van der Waals surface area (Å²) < 4.78 is 29.9. The lowest BCUT2D eigenvalue weighted by molar-refractivity contribution is -0.146. The molecule has 1 aromatic carbocycles. The van der Waals surface area contributed by atoms with E-state index in [1.165, 1.54) is 13.2 Å². The number of benzene rings is 1. The van der Waals surface area contributed by atoms with Gasteiger partial charge in [-0.15, -0.1) is 0 Å². The number of methoxy groups -OCH3 is 3. The Bertz CT molecular complexity index is 547. The van der Waals surface area contributed by atoms with Crippen molar-refractivity contribution in [2.45, 2.75) is 58.5 Å². The van der Waals surface area contributed by atoms with Gasteiger partial charge in [0, 0.05) is 12.7 Å². The molecule has 148 valence electrons. The first-order valence-corrected chi connectivity index (χ1v) is 9.38. The SMILES string of the molecule is CCCC(CCc1c(F)cccc1OC)CC(CC(C)C(=O)OC)OC. The van der Waals surface area contributed by atoms with Crippen LogP contribution in [0.1, 0.15) is 51.5 Å². The Labute approximate surface area is 157 Å². The number of halogens is 1. The third-order valence-corrected chi connectivity index (χ3v) is 4.94. The van der Waals surface area contributed by atoms with Crippen molar-refractivity contribution in [3.8, 4) is 5.75 Å². The molecule has 0 bridgehead atoms. The Morgan fingerprint density at radius 1 is 1.15 bits per heavy atom. The Morgan fingerprint density at radius 2 is 1.88 bits per heavy atom. The van der Waals surface area contributed by atoms with Gasteiger partial charge in [0.05, 0.1) is 26.2 Å². The topological polar surface area (TPSA) is 44.8 Å². The highest BCUT2D eigenvalue weighted by Gasteiger charge is 2.23. The molecule has 0 fully saturated rings. The molecule has 0 spiro atoms. The van der Waals surface area contributed by atoms with Crippen LogP contribution in [0.15, 0.2) is 18.2 Å². The lowest BCUT2D eigenvalue weighted by atomic mass is 9.87. The summed E-state index contributed by atoms with van der Waals surface area (Å²) in [5, 5.41) is 0. The van der Waals surface area contributed by atoms with E-state index in [1.807, 2.05) is 6.92 Å². The number of carbonyl (C=O) groups is 1. The van der Waals surface area contributed by atoms with Crippen molar-refractivity contribution in [1.82, 2.24) is 0 Å². The van der Waals surface area contributed by atoms with Gasteiger partial charge in [0.15, 0.2) is 0 Å². The maximum Gasteiger partial charge on any atom is 0.308 e. The summed E-state index contributed by atoms with van der Waals surface area (Å²) in [7, 11) is 4.65. The smallest absolute Gasteiger partial charge is 0.308 e. The van der Waals surface area contributed by atoms with E-state index in [4.69, 9.17) is 14.2 Å². The van der Waals surface area contributed by atoms with Crippen molar-refractivity contribution >= 4 is 5.97 Å². The highest BCUT2D eigenvalue weighted by atomic mass is 19.1. The van der Waals surface area contributed by atoms with E-state index < -0.39 is 0 Å². The number of rotatable bonds is 12. The normalized spacial score (nSPS) is 14.5. The van der Waals surface area contributed by atoms with Crippen LogP contribution in [0.2, 0.25) is 0 Å². The average Bonchev–Trinajstić information content (AvgIpc) is 2.65. The van der Waals surface area contributed by atoms with Crippen LogP contribution >= 0.6 is 0 Å². The zero-order chi connectivity index (χ0) is 19.5. The maximum absolute atomic E-state index is 14.1. The van der Waals surface area contributed by atoms with Crippen LogP contribution in [0.3, 0.4) is 0 Å². The molecule has 26 heavy (non-hydrogen) atoms. The third kappa shape index (κ3) is 6.94. The van der Waals surface area contributed by atoms with Gasteiger partial charge in [-0.2, -0.15) is 0 Å². The van der Waals surface area contributed by atoms with E-state index in [2.05, 4.69) is 6.92 Å². The number of ether oxygens (including phenoxy) is 3. The second kappa shape index (κ2) is 11.9. The largest absolute Gasteiger partial charge is 0.496 e. The molecule has 4 nitrogen and oxygen atoms in total. The number of esters is 1. The molecule has 0 aliphatic heterocycles. The zero-order valence-electron chi connectivity index (χ0n) is 16.7. The maximum atomic E-state index is 14.1. The first-order chi connectivity index (χ1) is 12.5. The highest BCUT2D eigenvalue weighted by molar-refractivity contribution is 5.71. The molecule has 1 aromatic rings. The van der Waals surface area contributed by atoms with Crippen LogP contribution in [0.5, 0.6) is 5.75 Å². The van der Waals surface area contributed by atoms with Gasteiger partial charge in [0.2, 0.25) is 0 Å². The minimum Gasteiger partial charge on any atom is -0.496 e. The monoisotopic (exact) mass is 368 g/mol. The Kier molecular flexibility index (Phi) is 10.3. The molecule has 0 aliphatic carbocycles. The molecule has 0 amide bonds. The standard InChI is InChI=1S/C21H33FO4/c1-6-8-16(14-17(24-3)13-15(2)21(23)26-5)11-12-18-19(22)9-7-10-20(18)25-4/h7,9-10,15-17H,6,8,11-14H2,1-5H3. The van der Waals surface area contributed by atoms with Gasteiger partial charge < -0.3 is 14.2 Å². The molecule has 0 radical (unpaired) electrons. The fraction of sp³-hybridized carbons (Fsp3) is 0.667. The van der Waals surface area contributed by atoms with Crippen molar-refractivity contribution in [3.63, 3.8) is 0 Å². The van der Waals surface area contributed by atoms with E-state index in [0.717, 1.165) is 25.7 Å². The van der Waals surface area contributed by atoms with E-state index in [0.29, 0.717) is 30.1 Å².